The maximum atomic E-state index is 11.7. The number of rotatable bonds is 3. The molecule has 2 rings (SSSR count). The summed E-state index contributed by atoms with van der Waals surface area (Å²) in [5.74, 6) is 0. The van der Waals surface area contributed by atoms with E-state index in [4.69, 9.17) is 4.74 Å². The lowest BCUT2D eigenvalue weighted by molar-refractivity contribution is 0.0875. The summed E-state index contributed by atoms with van der Waals surface area (Å²) in [6.07, 6.45) is 0. The standard InChI is InChI=1S/C12H14N2O3/c1-3-17-7-14-10-5-4-8(2)6-9(10)11(15)13-12(14)16/h4-6H,3,7H2,1-2H3,(H,13,15,16). The van der Waals surface area contributed by atoms with E-state index in [2.05, 4.69) is 4.98 Å². The van der Waals surface area contributed by atoms with E-state index in [1.165, 1.54) is 4.57 Å². The molecular weight excluding hydrogens is 220 g/mol. The monoisotopic (exact) mass is 234 g/mol. The van der Waals surface area contributed by atoms with Gasteiger partial charge >= 0.3 is 5.69 Å². The Balaban J connectivity index is 2.74. The highest BCUT2D eigenvalue weighted by Gasteiger charge is 2.06. The lowest BCUT2D eigenvalue weighted by Crippen LogP contribution is -2.31. The van der Waals surface area contributed by atoms with Crippen LogP contribution in [0.1, 0.15) is 12.5 Å². The van der Waals surface area contributed by atoms with E-state index in [0.29, 0.717) is 17.5 Å². The third kappa shape index (κ3) is 2.14. The van der Waals surface area contributed by atoms with Crippen LogP contribution in [-0.2, 0) is 11.5 Å². The van der Waals surface area contributed by atoms with E-state index in [1.54, 1.807) is 12.1 Å². The van der Waals surface area contributed by atoms with Crippen molar-refractivity contribution in [2.24, 2.45) is 0 Å². The molecule has 2 aromatic rings. The number of aromatic amines is 1. The molecule has 0 unspecified atom stereocenters. The molecule has 1 aromatic carbocycles. The first-order chi connectivity index (χ1) is 8.13. The van der Waals surface area contributed by atoms with Crippen molar-refractivity contribution in [3.05, 3.63) is 44.6 Å². The predicted molar refractivity (Wildman–Crippen MR) is 65.2 cm³/mol. The van der Waals surface area contributed by atoms with E-state index in [0.717, 1.165) is 5.56 Å². The maximum absolute atomic E-state index is 11.7. The average Bonchev–Trinajstić information content (AvgIpc) is 2.29. The molecule has 0 amide bonds. The van der Waals surface area contributed by atoms with Gasteiger partial charge in [0, 0.05) is 6.61 Å². The number of nitrogens with one attached hydrogen (secondary N) is 1. The minimum Gasteiger partial charge on any atom is -0.361 e. The van der Waals surface area contributed by atoms with Gasteiger partial charge in [-0.05, 0) is 26.0 Å². The first-order valence-electron chi connectivity index (χ1n) is 5.44. The number of H-pyrrole nitrogens is 1. The summed E-state index contributed by atoms with van der Waals surface area (Å²) in [7, 11) is 0. The normalized spacial score (nSPS) is 10.9. The highest BCUT2D eigenvalue weighted by Crippen LogP contribution is 2.10. The summed E-state index contributed by atoms with van der Waals surface area (Å²) in [6, 6.07) is 5.39. The van der Waals surface area contributed by atoms with Crippen LogP contribution in [0.3, 0.4) is 0 Å². The quantitative estimate of drug-likeness (QED) is 0.861. The number of benzene rings is 1. The van der Waals surface area contributed by atoms with Crippen molar-refractivity contribution in [2.45, 2.75) is 20.6 Å². The lowest BCUT2D eigenvalue weighted by atomic mass is 10.2. The van der Waals surface area contributed by atoms with E-state index >= 15 is 0 Å². The van der Waals surface area contributed by atoms with Crippen molar-refractivity contribution >= 4 is 10.9 Å². The largest absolute Gasteiger partial charge is 0.361 e. The molecule has 17 heavy (non-hydrogen) atoms. The van der Waals surface area contributed by atoms with Gasteiger partial charge < -0.3 is 4.74 Å². The molecule has 0 aliphatic rings. The number of hydrogen-bond donors (Lipinski definition) is 1. The van der Waals surface area contributed by atoms with Gasteiger partial charge in [0.25, 0.3) is 5.56 Å². The molecule has 0 fully saturated rings. The van der Waals surface area contributed by atoms with Crippen molar-refractivity contribution in [3.63, 3.8) is 0 Å². The summed E-state index contributed by atoms with van der Waals surface area (Å²) in [5, 5.41) is 0.504. The molecule has 0 bridgehead atoms. The fourth-order valence-corrected chi connectivity index (χ4v) is 1.72. The molecule has 5 nitrogen and oxygen atoms in total. The first-order valence-corrected chi connectivity index (χ1v) is 5.44. The third-order valence-corrected chi connectivity index (χ3v) is 2.58. The Morgan fingerprint density at radius 2 is 2.12 bits per heavy atom. The second-order valence-electron chi connectivity index (χ2n) is 3.83. The highest BCUT2D eigenvalue weighted by atomic mass is 16.5. The van der Waals surface area contributed by atoms with Gasteiger partial charge in [-0.1, -0.05) is 11.6 Å². The van der Waals surface area contributed by atoms with Crippen molar-refractivity contribution in [1.82, 2.24) is 9.55 Å². The predicted octanol–water partition coefficient (Wildman–Crippen LogP) is 0.992. The Bertz CT molecular complexity index is 655. The molecule has 90 valence electrons. The number of nitrogens with zero attached hydrogens (tertiary/aromatic N) is 1. The molecule has 0 atom stereocenters. The minimum atomic E-state index is -0.445. The Labute approximate surface area is 97.7 Å². The van der Waals surface area contributed by atoms with Crippen molar-refractivity contribution in [3.8, 4) is 0 Å². The summed E-state index contributed by atoms with van der Waals surface area (Å²) < 4.78 is 6.64. The third-order valence-electron chi connectivity index (χ3n) is 2.58. The lowest BCUT2D eigenvalue weighted by Gasteiger charge is -2.09. The molecule has 1 aromatic heterocycles. The Morgan fingerprint density at radius 1 is 1.35 bits per heavy atom. The zero-order valence-electron chi connectivity index (χ0n) is 9.82. The van der Waals surface area contributed by atoms with Gasteiger partial charge in [-0.3, -0.25) is 14.3 Å². The Kier molecular flexibility index (Phi) is 3.10. The van der Waals surface area contributed by atoms with E-state index < -0.39 is 5.69 Å². The summed E-state index contributed by atoms with van der Waals surface area (Å²) in [4.78, 5) is 25.6. The first kappa shape index (κ1) is 11.6. The zero-order chi connectivity index (χ0) is 12.4. The number of aromatic nitrogens is 2. The summed E-state index contributed by atoms with van der Waals surface area (Å²) in [5.41, 5.74) is 0.767. The second-order valence-corrected chi connectivity index (χ2v) is 3.83. The molecule has 0 aliphatic carbocycles. The van der Waals surface area contributed by atoms with Gasteiger partial charge in [-0.15, -0.1) is 0 Å². The van der Waals surface area contributed by atoms with E-state index in [1.807, 2.05) is 19.9 Å². The molecule has 1 N–H and O–H groups in total. The maximum Gasteiger partial charge on any atom is 0.330 e. The summed E-state index contributed by atoms with van der Waals surface area (Å²) >= 11 is 0. The van der Waals surface area contributed by atoms with Crippen LogP contribution >= 0.6 is 0 Å². The van der Waals surface area contributed by atoms with Crippen molar-refractivity contribution in [2.75, 3.05) is 6.61 Å². The van der Waals surface area contributed by atoms with Gasteiger partial charge in [-0.25, -0.2) is 4.79 Å². The number of aryl methyl sites for hydroxylation is 1. The number of hydrogen-bond acceptors (Lipinski definition) is 3. The summed E-state index contributed by atoms with van der Waals surface area (Å²) in [6.45, 7) is 4.41. The molecular formula is C12H14N2O3. The second kappa shape index (κ2) is 4.55. The van der Waals surface area contributed by atoms with Crippen LogP contribution in [0.25, 0.3) is 10.9 Å². The molecule has 0 spiro atoms. The van der Waals surface area contributed by atoms with Crippen LogP contribution in [0.4, 0.5) is 0 Å². The van der Waals surface area contributed by atoms with E-state index in [9.17, 15) is 9.59 Å². The van der Waals surface area contributed by atoms with E-state index in [-0.39, 0.29) is 12.3 Å². The highest BCUT2D eigenvalue weighted by molar-refractivity contribution is 5.78. The smallest absolute Gasteiger partial charge is 0.330 e. The molecule has 0 saturated heterocycles. The van der Waals surface area contributed by atoms with Crippen LogP contribution in [0.2, 0.25) is 0 Å². The molecule has 0 aliphatic heterocycles. The van der Waals surface area contributed by atoms with Crippen molar-refractivity contribution in [1.29, 1.82) is 0 Å². The zero-order valence-corrected chi connectivity index (χ0v) is 9.82. The van der Waals surface area contributed by atoms with Crippen LogP contribution in [0.5, 0.6) is 0 Å². The van der Waals surface area contributed by atoms with Crippen molar-refractivity contribution < 1.29 is 4.74 Å². The Hall–Kier alpha value is -1.88. The average molecular weight is 234 g/mol. The van der Waals surface area contributed by atoms with Gasteiger partial charge in [-0.2, -0.15) is 0 Å². The molecule has 1 heterocycles. The molecule has 0 saturated carbocycles. The van der Waals surface area contributed by atoms with Crippen LogP contribution in [0, 0.1) is 6.92 Å². The molecule has 0 radical (unpaired) electrons. The van der Waals surface area contributed by atoms with Crippen LogP contribution < -0.4 is 11.2 Å². The van der Waals surface area contributed by atoms with Crippen LogP contribution in [0.15, 0.2) is 27.8 Å². The fourth-order valence-electron chi connectivity index (χ4n) is 1.72. The number of fused-ring (bicyclic) bond motifs is 1. The SMILES string of the molecule is CCOCn1c(=O)[nH]c(=O)c2cc(C)ccc21. The van der Waals surface area contributed by atoms with Gasteiger partial charge in [0.15, 0.2) is 0 Å². The fraction of sp³-hybridized carbons (Fsp3) is 0.333. The minimum absolute atomic E-state index is 0.145. The van der Waals surface area contributed by atoms with Gasteiger partial charge in [0.1, 0.15) is 6.73 Å². The van der Waals surface area contributed by atoms with Crippen LogP contribution in [-0.4, -0.2) is 16.2 Å². The topological polar surface area (TPSA) is 64.1 Å². The molecule has 5 heteroatoms. The Morgan fingerprint density at radius 3 is 2.82 bits per heavy atom. The van der Waals surface area contributed by atoms with Gasteiger partial charge in [0.2, 0.25) is 0 Å². The van der Waals surface area contributed by atoms with Gasteiger partial charge in [0.05, 0.1) is 10.9 Å². The number of ether oxygens (including phenoxy) is 1.